The van der Waals surface area contributed by atoms with E-state index in [1.54, 1.807) is 25.6 Å². The monoisotopic (exact) mass is 490 g/mol. The number of carbonyl (C=O) groups excluding carboxylic acids is 1. The second kappa shape index (κ2) is 11.3. The predicted molar refractivity (Wildman–Crippen MR) is 139 cm³/mol. The van der Waals surface area contributed by atoms with E-state index < -0.39 is 0 Å². The van der Waals surface area contributed by atoms with Gasteiger partial charge in [-0.25, -0.2) is 4.98 Å². The van der Waals surface area contributed by atoms with Crippen molar-refractivity contribution < 1.29 is 14.3 Å². The van der Waals surface area contributed by atoms with Crippen LogP contribution in [0.25, 0.3) is 22.0 Å². The van der Waals surface area contributed by atoms with Crippen LogP contribution in [0.2, 0.25) is 0 Å². The highest BCUT2D eigenvalue weighted by molar-refractivity contribution is 7.13. The zero-order valence-electron chi connectivity index (χ0n) is 20.5. The summed E-state index contributed by atoms with van der Waals surface area (Å²) < 4.78 is 12.5. The van der Waals surface area contributed by atoms with Gasteiger partial charge in [-0.1, -0.05) is 12.1 Å². The number of hydrogen-bond donors (Lipinski definition) is 1. The van der Waals surface area contributed by atoms with Crippen LogP contribution in [0.15, 0.2) is 54.0 Å². The Kier molecular flexibility index (Phi) is 7.94. The van der Waals surface area contributed by atoms with Crippen molar-refractivity contribution in [2.75, 3.05) is 27.4 Å². The number of rotatable bonds is 10. The molecule has 3 aromatic heterocycles. The summed E-state index contributed by atoms with van der Waals surface area (Å²) in [6.07, 6.45) is 2.66. The average molecular weight is 491 g/mol. The van der Waals surface area contributed by atoms with Gasteiger partial charge in [0.1, 0.15) is 10.8 Å². The molecule has 0 aliphatic carbocycles. The molecular formula is C27H30N4O3S. The van der Waals surface area contributed by atoms with E-state index >= 15 is 0 Å². The summed E-state index contributed by atoms with van der Waals surface area (Å²) in [5.41, 5.74) is 6.48. The maximum atomic E-state index is 12.9. The van der Waals surface area contributed by atoms with E-state index in [0.29, 0.717) is 18.7 Å². The summed E-state index contributed by atoms with van der Waals surface area (Å²) in [6.45, 7) is 5.60. The van der Waals surface area contributed by atoms with Crippen molar-refractivity contribution in [2.24, 2.45) is 0 Å². The molecule has 0 radical (unpaired) electrons. The van der Waals surface area contributed by atoms with Crippen LogP contribution < -0.4 is 10.1 Å². The first-order chi connectivity index (χ1) is 17.0. The van der Waals surface area contributed by atoms with Gasteiger partial charge in [0.15, 0.2) is 0 Å². The SMILES string of the molecule is COCCNC(=O)c1cc(-c2csc(-c3ccc(C)nc3)n2)n(CCc2ccc(OC)cc2)c1C. The summed E-state index contributed by atoms with van der Waals surface area (Å²) in [6, 6.07) is 14.0. The fourth-order valence-corrected chi connectivity index (χ4v) is 4.69. The van der Waals surface area contributed by atoms with Crippen LogP contribution in [0.3, 0.4) is 0 Å². The number of amides is 1. The highest BCUT2D eigenvalue weighted by Crippen LogP contribution is 2.31. The quantitative estimate of drug-likeness (QED) is 0.319. The van der Waals surface area contributed by atoms with Gasteiger partial charge in [-0.15, -0.1) is 11.3 Å². The second-order valence-corrected chi connectivity index (χ2v) is 9.11. The number of pyridine rings is 1. The van der Waals surface area contributed by atoms with Crippen molar-refractivity contribution in [3.8, 4) is 27.7 Å². The Morgan fingerprint density at radius 2 is 1.91 bits per heavy atom. The predicted octanol–water partition coefficient (Wildman–Crippen LogP) is 4.92. The Morgan fingerprint density at radius 3 is 2.60 bits per heavy atom. The minimum absolute atomic E-state index is 0.109. The molecule has 0 spiro atoms. The zero-order chi connectivity index (χ0) is 24.8. The average Bonchev–Trinajstić information content (AvgIpc) is 3.48. The van der Waals surface area contributed by atoms with E-state index in [-0.39, 0.29) is 5.91 Å². The van der Waals surface area contributed by atoms with Gasteiger partial charge in [0.2, 0.25) is 0 Å². The molecule has 4 rings (SSSR count). The number of nitrogens with zero attached hydrogens (tertiary/aromatic N) is 3. The van der Waals surface area contributed by atoms with E-state index in [0.717, 1.165) is 52.1 Å². The third-order valence-electron chi connectivity index (χ3n) is 5.91. The number of hydrogen-bond acceptors (Lipinski definition) is 6. The van der Waals surface area contributed by atoms with Crippen molar-refractivity contribution in [1.29, 1.82) is 0 Å². The molecule has 0 atom stereocenters. The van der Waals surface area contributed by atoms with Crippen LogP contribution in [0.4, 0.5) is 0 Å². The molecular weight excluding hydrogens is 460 g/mol. The van der Waals surface area contributed by atoms with Crippen molar-refractivity contribution in [2.45, 2.75) is 26.8 Å². The number of benzene rings is 1. The third-order valence-corrected chi connectivity index (χ3v) is 6.80. The summed E-state index contributed by atoms with van der Waals surface area (Å²) >= 11 is 1.58. The van der Waals surface area contributed by atoms with Gasteiger partial charge in [-0.2, -0.15) is 0 Å². The lowest BCUT2D eigenvalue weighted by Crippen LogP contribution is -2.27. The lowest BCUT2D eigenvalue weighted by molar-refractivity contribution is 0.0936. The molecule has 0 unspecified atom stereocenters. The highest BCUT2D eigenvalue weighted by atomic mass is 32.1. The lowest BCUT2D eigenvalue weighted by atomic mass is 10.1. The summed E-state index contributed by atoms with van der Waals surface area (Å²) in [5.74, 6) is 0.726. The van der Waals surface area contributed by atoms with Gasteiger partial charge in [0.25, 0.3) is 5.91 Å². The smallest absolute Gasteiger partial charge is 0.253 e. The fourth-order valence-electron chi connectivity index (χ4n) is 3.89. The topological polar surface area (TPSA) is 78.3 Å². The maximum absolute atomic E-state index is 12.9. The Labute approximate surface area is 209 Å². The summed E-state index contributed by atoms with van der Waals surface area (Å²) in [5, 5.41) is 5.88. The zero-order valence-corrected chi connectivity index (χ0v) is 21.3. The number of thiazole rings is 1. The highest BCUT2D eigenvalue weighted by Gasteiger charge is 2.20. The van der Waals surface area contributed by atoms with E-state index in [9.17, 15) is 4.79 Å². The number of ether oxygens (including phenoxy) is 2. The Hall–Kier alpha value is -3.49. The lowest BCUT2D eigenvalue weighted by Gasteiger charge is -2.12. The molecule has 0 saturated carbocycles. The number of methoxy groups -OCH3 is 2. The van der Waals surface area contributed by atoms with Crippen LogP contribution in [-0.2, 0) is 17.7 Å². The summed E-state index contributed by atoms with van der Waals surface area (Å²) in [7, 11) is 3.28. The van der Waals surface area contributed by atoms with Gasteiger partial charge < -0.3 is 19.4 Å². The first kappa shape index (κ1) is 24.6. The minimum atomic E-state index is -0.109. The third kappa shape index (κ3) is 5.78. The standard InChI is InChI=1S/C27H30N4O3S/c1-18-5-8-21(16-29-18)27-30-24(17-35-27)25-15-23(26(32)28-12-14-33-3)19(2)31(25)13-11-20-6-9-22(34-4)10-7-20/h5-10,15-17H,11-14H2,1-4H3,(H,28,32). The van der Waals surface area contributed by atoms with E-state index in [2.05, 4.69) is 27.0 Å². The van der Waals surface area contributed by atoms with Crippen LogP contribution >= 0.6 is 11.3 Å². The molecule has 7 nitrogen and oxygen atoms in total. The van der Waals surface area contributed by atoms with Crippen molar-refractivity contribution in [1.82, 2.24) is 19.9 Å². The molecule has 35 heavy (non-hydrogen) atoms. The van der Waals surface area contributed by atoms with Crippen LogP contribution in [-0.4, -0.2) is 47.8 Å². The first-order valence-corrected chi connectivity index (χ1v) is 12.4. The van der Waals surface area contributed by atoms with Gasteiger partial charge >= 0.3 is 0 Å². The Morgan fingerprint density at radius 1 is 1.11 bits per heavy atom. The molecule has 0 bridgehead atoms. The maximum Gasteiger partial charge on any atom is 0.253 e. The van der Waals surface area contributed by atoms with Crippen LogP contribution in [0, 0.1) is 13.8 Å². The van der Waals surface area contributed by atoms with Gasteiger partial charge in [0, 0.05) is 48.7 Å². The number of aromatic nitrogens is 3. The van der Waals surface area contributed by atoms with E-state index in [4.69, 9.17) is 14.5 Å². The van der Waals surface area contributed by atoms with Crippen molar-refractivity contribution in [3.63, 3.8) is 0 Å². The molecule has 8 heteroatoms. The van der Waals surface area contributed by atoms with Gasteiger partial charge in [-0.05, 0) is 56.2 Å². The summed E-state index contributed by atoms with van der Waals surface area (Å²) in [4.78, 5) is 22.2. The molecule has 0 saturated heterocycles. The first-order valence-electron chi connectivity index (χ1n) is 11.5. The fraction of sp³-hybridized carbons (Fsp3) is 0.296. The Bertz CT molecular complexity index is 1280. The molecule has 1 amide bonds. The molecule has 0 aliphatic rings. The van der Waals surface area contributed by atoms with Gasteiger partial charge in [-0.3, -0.25) is 9.78 Å². The van der Waals surface area contributed by atoms with Crippen molar-refractivity contribution in [3.05, 3.63) is 76.6 Å². The minimum Gasteiger partial charge on any atom is -0.497 e. The molecule has 1 N–H and O–H groups in total. The molecule has 0 aliphatic heterocycles. The van der Waals surface area contributed by atoms with Crippen LogP contribution in [0.5, 0.6) is 5.75 Å². The number of aryl methyl sites for hydroxylation is 2. The number of nitrogens with one attached hydrogen (secondary N) is 1. The van der Waals surface area contributed by atoms with Crippen molar-refractivity contribution >= 4 is 17.2 Å². The molecule has 1 aromatic carbocycles. The van der Waals surface area contributed by atoms with E-state index in [1.165, 1.54) is 5.56 Å². The van der Waals surface area contributed by atoms with Gasteiger partial charge in [0.05, 0.1) is 30.7 Å². The molecule has 182 valence electrons. The van der Waals surface area contributed by atoms with Crippen LogP contribution in [0.1, 0.15) is 27.3 Å². The normalized spacial score (nSPS) is 11.0. The van der Waals surface area contributed by atoms with E-state index in [1.807, 2.05) is 55.8 Å². The largest absolute Gasteiger partial charge is 0.497 e. The molecule has 0 fully saturated rings. The number of carbonyl (C=O) groups is 1. The second-order valence-electron chi connectivity index (χ2n) is 8.25. The Balaban J connectivity index is 1.65. The molecule has 4 aromatic rings. The molecule has 3 heterocycles.